The van der Waals surface area contributed by atoms with E-state index in [2.05, 4.69) is 15.6 Å². The first-order valence-corrected chi connectivity index (χ1v) is 10.4. The zero-order chi connectivity index (χ0) is 21.8. The van der Waals surface area contributed by atoms with Gasteiger partial charge in [-0.2, -0.15) is 0 Å². The summed E-state index contributed by atoms with van der Waals surface area (Å²) in [5.74, 6) is -0.492. The number of hydrogen-bond donors (Lipinski definition) is 3. The van der Waals surface area contributed by atoms with E-state index in [1.807, 2.05) is 38.1 Å². The van der Waals surface area contributed by atoms with Crippen LogP contribution in [0.2, 0.25) is 0 Å². The summed E-state index contributed by atoms with van der Waals surface area (Å²) in [4.78, 5) is 40.0. The fraction of sp³-hybridized carbons (Fsp3) is 0.435. The molecule has 7 heteroatoms. The Kier molecular flexibility index (Phi) is 6.59. The van der Waals surface area contributed by atoms with Crippen LogP contribution in [-0.2, 0) is 16.0 Å². The first-order chi connectivity index (χ1) is 14.3. The van der Waals surface area contributed by atoms with Crippen molar-refractivity contribution in [3.63, 3.8) is 0 Å². The van der Waals surface area contributed by atoms with Crippen LogP contribution in [0, 0.1) is 12.8 Å². The highest BCUT2D eigenvalue weighted by molar-refractivity contribution is 6.00. The number of H-pyrrole nitrogens is 1. The minimum absolute atomic E-state index is 0.0658. The molecule has 1 unspecified atom stereocenters. The van der Waals surface area contributed by atoms with Gasteiger partial charge >= 0.3 is 5.97 Å². The Bertz CT molecular complexity index is 942. The van der Waals surface area contributed by atoms with E-state index in [1.54, 1.807) is 6.92 Å². The van der Waals surface area contributed by atoms with Crippen molar-refractivity contribution in [2.75, 3.05) is 12.4 Å². The molecule has 1 saturated carbocycles. The highest BCUT2D eigenvalue weighted by Crippen LogP contribution is 2.30. The maximum Gasteiger partial charge on any atom is 0.339 e. The van der Waals surface area contributed by atoms with Gasteiger partial charge in [-0.1, -0.05) is 25.5 Å². The van der Waals surface area contributed by atoms with Crippen LogP contribution in [0.25, 0.3) is 0 Å². The summed E-state index contributed by atoms with van der Waals surface area (Å²) in [6.07, 6.45) is 3.32. The Morgan fingerprint density at radius 3 is 2.43 bits per heavy atom. The largest absolute Gasteiger partial charge is 0.465 e. The Balaban J connectivity index is 1.72. The topological polar surface area (TPSA) is 100 Å². The van der Waals surface area contributed by atoms with E-state index in [1.165, 1.54) is 7.11 Å². The third kappa shape index (κ3) is 4.72. The summed E-state index contributed by atoms with van der Waals surface area (Å²) < 4.78 is 4.88. The van der Waals surface area contributed by atoms with Crippen molar-refractivity contribution in [2.24, 2.45) is 5.92 Å². The zero-order valence-electron chi connectivity index (χ0n) is 17.9. The fourth-order valence-electron chi connectivity index (χ4n) is 3.55. The van der Waals surface area contributed by atoms with E-state index >= 15 is 0 Å². The molecule has 1 aliphatic rings. The van der Waals surface area contributed by atoms with Crippen LogP contribution in [0.1, 0.15) is 76.8 Å². The molecule has 1 atom stereocenters. The standard InChI is InChI=1S/C23H29N3O4/c1-5-6-18-19(23(29)30-4)14(3)24-20(18)22(28)25-13(2)15-9-11-17(12-10-15)26-21(27)16-7-8-16/h9-13,16,24H,5-8H2,1-4H3,(H,25,28)(H,26,27). The molecule has 0 aliphatic heterocycles. The average Bonchev–Trinajstić information content (AvgIpc) is 3.52. The van der Waals surface area contributed by atoms with Crippen LogP contribution in [-0.4, -0.2) is 29.9 Å². The van der Waals surface area contributed by atoms with Gasteiger partial charge in [0.25, 0.3) is 5.91 Å². The number of amides is 2. The number of esters is 1. The van der Waals surface area contributed by atoms with E-state index in [4.69, 9.17) is 4.74 Å². The van der Waals surface area contributed by atoms with E-state index in [0.29, 0.717) is 28.9 Å². The Morgan fingerprint density at radius 1 is 1.20 bits per heavy atom. The Morgan fingerprint density at radius 2 is 1.87 bits per heavy atom. The second-order valence-electron chi connectivity index (χ2n) is 7.80. The predicted molar refractivity (Wildman–Crippen MR) is 115 cm³/mol. The summed E-state index contributed by atoms with van der Waals surface area (Å²) >= 11 is 0. The Hall–Kier alpha value is -3.09. The molecule has 0 radical (unpaired) electrons. The Labute approximate surface area is 176 Å². The molecule has 2 aromatic rings. The normalized spacial score (nSPS) is 14.1. The van der Waals surface area contributed by atoms with Gasteiger partial charge < -0.3 is 20.4 Å². The highest BCUT2D eigenvalue weighted by Gasteiger charge is 2.29. The lowest BCUT2D eigenvalue weighted by Gasteiger charge is -2.15. The number of nitrogens with one attached hydrogen (secondary N) is 3. The van der Waals surface area contributed by atoms with Crippen molar-refractivity contribution < 1.29 is 19.1 Å². The minimum atomic E-state index is -0.442. The summed E-state index contributed by atoms with van der Waals surface area (Å²) in [5, 5.41) is 5.90. The molecule has 160 valence electrons. The molecule has 30 heavy (non-hydrogen) atoms. The average molecular weight is 412 g/mol. The fourth-order valence-corrected chi connectivity index (χ4v) is 3.55. The third-order valence-electron chi connectivity index (χ3n) is 5.38. The number of rotatable bonds is 8. The second kappa shape index (κ2) is 9.15. The number of hydrogen-bond acceptors (Lipinski definition) is 4. The number of carbonyl (C=O) groups excluding carboxylic acids is 3. The molecule has 1 aliphatic carbocycles. The molecule has 0 spiro atoms. The summed E-state index contributed by atoms with van der Waals surface area (Å²) in [5.41, 5.74) is 3.81. The van der Waals surface area contributed by atoms with Gasteiger partial charge in [-0.05, 0) is 56.4 Å². The first-order valence-electron chi connectivity index (χ1n) is 10.4. The van der Waals surface area contributed by atoms with Crippen molar-refractivity contribution in [3.8, 4) is 0 Å². The van der Waals surface area contributed by atoms with Crippen LogP contribution < -0.4 is 10.6 Å². The summed E-state index contributed by atoms with van der Waals surface area (Å²) in [6, 6.07) is 7.22. The van der Waals surface area contributed by atoms with Crippen molar-refractivity contribution in [1.29, 1.82) is 0 Å². The number of benzene rings is 1. The summed E-state index contributed by atoms with van der Waals surface area (Å²) in [6.45, 7) is 5.66. The highest BCUT2D eigenvalue weighted by atomic mass is 16.5. The second-order valence-corrected chi connectivity index (χ2v) is 7.80. The summed E-state index contributed by atoms with van der Waals surface area (Å²) in [7, 11) is 1.34. The minimum Gasteiger partial charge on any atom is -0.465 e. The van der Waals surface area contributed by atoms with E-state index in [-0.39, 0.29) is 23.8 Å². The van der Waals surface area contributed by atoms with Gasteiger partial charge in [-0.25, -0.2) is 4.79 Å². The number of methoxy groups -OCH3 is 1. The van der Waals surface area contributed by atoms with Crippen LogP contribution in [0.3, 0.4) is 0 Å². The molecule has 1 aromatic carbocycles. The van der Waals surface area contributed by atoms with Crippen LogP contribution >= 0.6 is 0 Å². The lowest BCUT2D eigenvalue weighted by atomic mass is 10.0. The lowest BCUT2D eigenvalue weighted by molar-refractivity contribution is -0.117. The zero-order valence-corrected chi connectivity index (χ0v) is 17.9. The molecule has 1 heterocycles. The molecule has 2 amide bonds. The van der Waals surface area contributed by atoms with Crippen LogP contribution in [0.5, 0.6) is 0 Å². The molecule has 0 saturated heterocycles. The first kappa shape index (κ1) is 21.6. The van der Waals surface area contributed by atoms with Crippen LogP contribution in [0.15, 0.2) is 24.3 Å². The molecule has 0 bridgehead atoms. The molecule has 3 N–H and O–H groups in total. The molecule has 1 fully saturated rings. The lowest BCUT2D eigenvalue weighted by Crippen LogP contribution is -2.28. The third-order valence-corrected chi connectivity index (χ3v) is 5.38. The number of aromatic amines is 1. The molecular formula is C23H29N3O4. The number of aryl methyl sites for hydroxylation is 1. The van der Waals surface area contributed by atoms with Crippen molar-refractivity contribution in [1.82, 2.24) is 10.3 Å². The van der Waals surface area contributed by atoms with Crippen molar-refractivity contribution >= 4 is 23.5 Å². The SMILES string of the molecule is CCCc1c(C(=O)NC(C)c2ccc(NC(=O)C3CC3)cc2)[nH]c(C)c1C(=O)OC. The van der Waals surface area contributed by atoms with Gasteiger partial charge in [0.1, 0.15) is 5.69 Å². The predicted octanol–water partition coefficient (Wildman–Crippen LogP) is 3.90. The van der Waals surface area contributed by atoms with Gasteiger partial charge in [0.05, 0.1) is 18.7 Å². The van der Waals surface area contributed by atoms with Gasteiger partial charge in [-0.15, -0.1) is 0 Å². The van der Waals surface area contributed by atoms with Crippen molar-refractivity contribution in [2.45, 2.75) is 52.5 Å². The maximum absolute atomic E-state index is 12.9. The van der Waals surface area contributed by atoms with Crippen molar-refractivity contribution in [3.05, 3.63) is 52.3 Å². The van der Waals surface area contributed by atoms with E-state index in [9.17, 15) is 14.4 Å². The van der Waals surface area contributed by atoms with E-state index in [0.717, 1.165) is 30.5 Å². The molecule has 1 aromatic heterocycles. The van der Waals surface area contributed by atoms with E-state index < -0.39 is 5.97 Å². The van der Waals surface area contributed by atoms with Gasteiger partial charge in [0, 0.05) is 17.3 Å². The molecule has 3 rings (SSSR count). The molecule has 7 nitrogen and oxygen atoms in total. The van der Waals surface area contributed by atoms with Crippen LogP contribution in [0.4, 0.5) is 5.69 Å². The van der Waals surface area contributed by atoms with Gasteiger partial charge in [0.2, 0.25) is 5.91 Å². The number of ether oxygens (including phenoxy) is 1. The quantitative estimate of drug-likeness (QED) is 0.574. The monoisotopic (exact) mass is 411 g/mol. The maximum atomic E-state index is 12.9. The number of aromatic nitrogens is 1. The number of carbonyl (C=O) groups is 3. The smallest absolute Gasteiger partial charge is 0.339 e. The molecular weight excluding hydrogens is 382 g/mol. The van der Waals surface area contributed by atoms with Gasteiger partial charge in [-0.3, -0.25) is 9.59 Å². The van der Waals surface area contributed by atoms with Gasteiger partial charge in [0.15, 0.2) is 0 Å². The number of anilines is 1.